The Balaban J connectivity index is 2.49. The van der Waals surface area contributed by atoms with Crippen LogP contribution in [0.2, 0.25) is 0 Å². The predicted molar refractivity (Wildman–Crippen MR) is 53.7 cm³/mol. The zero-order valence-corrected chi connectivity index (χ0v) is 8.34. The minimum atomic E-state index is -0.558. The fourth-order valence-corrected chi connectivity index (χ4v) is 1.60. The maximum Gasteiger partial charge on any atom is 0.135 e. The molecule has 0 N–H and O–H groups in total. The van der Waals surface area contributed by atoms with Gasteiger partial charge in [0.2, 0.25) is 0 Å². The Morgan fingerprint density at radius 3 is 2.87 bits per heavy atom. The molecule has 0 aliphatic heterocycles. The normalized spacial score (nSPS) is 11.1. The lowest BCUT2D eigenvalue weighted by Crippen LogP contribution is -2.02. The van der Waals surface area contributed by atoms with E-state index in [0.717, 1.165) is 6.07 Å². The van der Waals surface area contributed by atoms with Gasteiger partial charge in [0.1, 0.15) is 11.6 Å². The molecule has 80 valence electrons. The smallest absolute Gasteiger partial charge is 0.135 e. The fourth-order valence-electron chi connectivity index (χ4n) is 1.60. The molecule has 0 fully saturated rings. The third-order valence-corrected chi connectivity index (χ3v) is 2.34. The average Bonchev–Trinajstić information content (AvgIpc) is 2.58. The summed E-state index contributed by atoms with van der Waals surface area (Å²) >= 11 is 0. The van der Waals surface area contributed by atoms with Crippen molar-refractivity contribution in [1.29, 1.82) is 0 Å². The number of nitrogens with zero attached hydrogens (tertiary/aromatic N) is 1. The van der Waals surface area contributed by atoms with Gasteiger partial charge in [0.25, 0.3) is 0 Å². The molecule has 2 rings (SSSR count). The number of fused-ring (bicyclic) bond motifs is 1. The summed E-state index contributed by atoms with van der Waals surface area (Å²) < 4.78 is 33.0. The second-order valence-corrected chi connectivity index (χ2v) is 3.32. The van der Waals surface area contributed by atoms with Crippen molar-refractivity contribution in [3.8, 4) is 0 Å². The molecule has 0 saturated heterocycles. The molecule has 0 bridgehead atoms. The molecule has 2 aromatic rings. The van der Waals surface area contributed by atoms with E-state index < -0.39 is 11.6 Å². The average molecular weight is 211 g/mol. The molecule has 1 heterocycles. The Labute approximate surface area is 86.1 Å². The third kappa shape index (κ3) is 1.85. The van der Waals surface area contributed by atoms with Crippen LogP contribution in [0.5, 0.6) is 0 Å². The Hall–Kier alpha value is -1.42. The second-order valence-electron chi connectivity index (χ2n) is 3.32. The number of hydrogen-bond donors (Lipinski definition) is 0. The third-order valence-electron chi connectivity index (χ3n) is 2.34. The number of ether oxygens (including phenoxy) is 1. The largest absolute Gasteiger partial charge is 0.383 e. The summed E-state index contributed by atoms with van der Waals surface area (Å²) in [5.74, 6) is -1.08. The molecule has 0 amide bonds. The lowest BCUT2D eigenvalue weighted by Gasteiger charge is -2.04. The number of rotatable bonds is 3. The first-order valence-corrected chi connectivity index (χ1v) is 4.65. The summed E-state index contributed by atoms with van der Waals surface area (Å²) in [7, 11) is 1.59. The standard InChI is InChI=1S/C11H11F2NO/c1-15-5-4-14-3-2-9-10(13)6-8(12)7-11(9)14/h2-3,6-7H,4-5H2,1H3. The molecule has 0 saturated carbocycles. The van der Waals surface area contributed by atoms with Crippen LogP contribution in [0, 0.1) is 11.6 Å². The van der Waals surface area contributed by atoms with Crippen molar-refractivity contribution in [2.24, 2.45) is 0 Å². The van der Waals surface area contributed by atoms with Crippen LogP contribution in [0.3, 0.4) is 0 Å². The number of aromatic nitrogens is 1. The zero-order chi connectivity index (χ0) is 10.8. The van der Waals surface area contributed by atoms with Crippen molar-refractivity contribution in [2.45, 2.75) is 6.54 Å². The fraction of sp³-hybridized carbons (Fsp3) is 0.273. The molecule has 0 atom stereocenters. The summed E-state index contributed by atoms with van der Waals surface area (Å²) in [5.41, 5.74) is 0.560. The summed E-state index contributed by atoms with van der Waals surface area (Å²) in [6.45, 7) is 1.10. The minimum absolute atomic E-state index is 0.438. The van der Waals surface area contributed by atoms with Crippen LogP contribution in [-0.2, 0) is 11.3 Å². The van der Waals surface area contributed by atoms with Gasteiger partial charge >= 0.3 is 0 Å². The van der Waals surface area contributed by atoms with Crippen LogP contribution >= 0.6 is 0 Å². The molecule has 0 unspecified atom stereocenters. The van der Waals surface area contributed by atoms with Gasteiger partial charge in [-0.15, -0.1) is 0 Å². The van der Waals surface area contributed by atoms with Crippen molar-refractivity contribution in [2.75, 3.05) is 13.7 Å². The first-order chi connectivity index (χ1) is 7.22. The van der Waals surface area contributed by atoms with Gasteiger partial charge in [-0.05, 0) is 12.1 Å². The topological polar surface area (TPSA) is 14.2 Å². The van der Waals surface area contributed by atoms with Gasteiger partial charge < -0.3 is 9.30 Å². The highest BCUT2D eigenvalue weighted by Gasteiger charge is 2.07. The van der Waals surface area contributed by atoms with Gasteiger partial charge in [-0.3, -0.25) is 0 Å². The van der Waals surface area contributed by atoms with Crippen LogP contribution in [0.15, 0.2) is 24.4 Å². The number of methoxy groups -OCH3 is 1. The van der Waals surface area contributed by atoms with E-state index >= 15 is 0 Å². The molecule has 0 aliphatic carbocycles. The quantitative estimate of drug-likeness (QED) is 0.761. The van der Waals surface area contributed by atoms with E-state index in [1.807, 2.05) is 0 Å². The Bertz CT molecular complexity index is 479. The molecular weight excluding hydrogens is 200 g/mol. The van der Waals surface area contributed by atoms with Crippen molar-refractivity contribution >= 4 is 10.9 Å². The summed E-state index contributed by atoms with van der Waals surface area (Å²) in [4.78, 5) is 0. The lowest BCUT2D eigenvalue weighted by molar-refractivity contribution is 0.188. The van der Waals surface area contributed by atoms with E-state index in [4.69, 9.17) is 4.74 Å². The van der Waals surface area contributed by atoms with Crippen LogP contribution < -0.4 is 0 Å². The lowest BCUT2D eigenvalue weighted by atomic mass is 10.2. The van der Waals surface area contributed by atoms with E-state index in [-0.39, 0.29) is 0 Å². The Morgan fingerprint density at radius 2 is 2.13 bits per heavy atom. The van der Waals surface area contributed by atoms with Gasteiger partial charge in [-0.2, -0.15) is 0 Å². The van der Waals surface area contributed by atoms with Crippen LogP contribution in [0.1, 0.15) is 0 Å². The molecule has 1 aromatic heterocycles. The molecule has 2 nitrogen and oxygen atoms in total. The van der Waals surface area contributed by atoms with Crippen molar-refractivity contribution in [3.63, 3.8) is 0 Å². The van der Waals surface area contributed by atoms with Gasteiger partial charge in [0.15, 0.2) is 0 Å². The van der Waals surface area contributed by atoms with Crippen LogP contribution in [0.25, 0.3) is 10.9 Å². The highest BCUT2D eigenvalue weighted by molar-refractivity contribution is 5.80. The van der Waals surface area contributed by atoms with Gasteiger partial charge in [-0.25, -0.2) is 8.78 Å². The van der Waals surface area contributed by atoms with E-state index in [2.05, 4.69) is 0 Å². The maximum absolute atomic E-state index is 13.3. The second kappa shape index (κ2) is 3.98. The summed E-state index contributed by atoms with van der Waals surface area (Å²) in [5, 5.41) is 0.438. The highest BCUT2D eigenvalue weighted by atomic mass is 19.1. The highest BCUT2D eigenvalue weighted by Crippen LogP contribution is 2.20. The SMILES string of the molecule is COCCn1ccc2c(F)cc(F)cc21. The first-order valence-electron chi connectivity index (χ1n) is 4.65. The summed E-state index contributed by atoms with van der Waals surface area (Å²) in [6, 6.07) is 3.86. The number of halogens is 2. The van der Waals surface area contributed by atoms with Gasteiger partial charge in [0.05, 0.1) is 12.1 Å². The molecule has 0 spiro atoms. The van der Waals surface area contributed by atoms with Gasteiger partial charge in [0, 0.05) is 31.3 Å². The zero-order valence-electron chi connectivity index (χ0n) is 8.34. The Morgan fingerprint density at radius 1 is 1.33 bits per heavy atom. The van der Waals surface area contributed by atoms with Crippen molar-refractivity contribution in [1.82, 2.24) is 4.57 Å². The minimum Gasteiger partial charge on any atom is -0.383 e. The number of benzene rings is 1. The van der Waals surface area contributed by atoms with E-state index in [0.29, 0.717) is 24.1 Å². The van der Waals surface area contributed by atoms with E-state index in [1.54, 1.807) is 23.9 Å². The molecule has 1 aromatic carbocycles. The van der Waals surface area contributed by atoms with E-state index in [9.17, 15) is 8.78 Å². The Kier molecular flexibility index (Phi) is 2.68. The van der Waals surface area contributed by atoms with Crippen molar-refractivity contribution < 1.29 is 13.5 Å². The predicted octanol–water partition coefficient (Wildman–Crippen LogP) is 2.57. The molecule has 0 aliphatic rings. The molecule has 0 radical (unpaired) electrons. The van der Waals surface area contributed by atoms with Crippen molar-refractivity contribution in [3.05, 3.63) is 36.0 Å². The van der Waals surface area contributed by atoms with Gasteiger partial charge in [-0.1, -0.05) is 0 Å². The summed E-state index contributed by atoms with van der Waals surface area (Å²) in [6.07, 6.45) is 1.73. The van der Waals surface area contributed by atoms with E-state index in [1.165, 1.54) is 6.07 Å². The van der Waals surface area contributed by atoms with Crippen LogP contribution in [-0.4, -0.2) is 18.3 Å². The molecular formula is C11H11F2NO. The monoisotopic (exact) mass is 211 g/mol. The van der Waals surface area contributed by atoms with Crippen LogP contribution in [0.4, 0.5) is 8.78 Å². The number of hydrogen-bond acceptors (Lipinski definition) is 1. The molecule has 4 heteroatoms. The first kappa shape index (κ1) is 10.1. The molecule has 15 heavy (non-hydrogen) atoms. The maximum atomic E-state index is 13.3.